The lowest BCUT2D eigenvalue weighted by atomic mass is 9.83. The van der Waals surface area contributed by atoms with Gasteiger partial charge in [0.25, 0.3) is 0 Å². The molecule has 2 N–H and O–H groups in total. The lowest BCUT2D eigenvalue weighted by molar-refractivity contribution is -0.192. The average Bonchev–Trinajstić information content (AvgIpc) is 3.47. The number of carboxylic acids is 1. The first-order valence-electron chi connectivity index (χ1n) is 10.6. The van der Waals surface area contributed by atoms with Gasteiger partial charge in [-0.05, 0) is 12.3 Å². The number of halogens is 6. The van der Waals surface area contributed by atoms with Crippen LogP contribution in [0.3, 0.4) is 0 Å². The topological polar surface area (TPSA) is 131 Å². The summed E-state index contributed by atoms with van der Waals surface area (Å²) in [5.41, 5.74) is -0.311. The maximum absolute atomic E-state index is 12.9. The fraction of sp³-hybridized carbons (Fsp3) is 0.550. The summed E-state index contributed by atoms with van der Waals surface area (Å²) in [4.78, 5) is 30.2. The zero-order valence-corrected chi connectivity index (χ0v) is 18.4. The first kappa shape index (κ1) is 27.2. The van der Waals surface area contributed by atoms with Gasteiger partial charge in [-0.15, -0.1) is 0 Å². The monoisotopic (exact) mass is 525 g/mol. The number of piperidine rings is 1. The van der Waals surface area contributed by atoms with Gasteiger partial charge >= 0.3 is 18.3 Å². The Kier molecular flexibility index (Phi) is 8.37. The number of anilines is 1. The zero-order chi connectivity index (χ0) is 26.5. The summed E-state index contributed by atoms with van der Waals surface area (Å²) in [6.07, 6.45) is -6.44. The fourth-order valence-electron chi connectivity index (χ4n) is 3.95. The summed E-state index contributed by atoms with van der Waals surface area (Å²) in [5.74, 6) is -2.30. The van der Waals surface area contributed by atoms with Crippen LogP contribution in [-0.2, 0) is 27.0 Å². The molecular formula is C20H21F6N5O5. The predicted molar refractivity (Wildman–Crippen MR) is 107 cm³/mol. The third-order valence-corrected chi connectivity index (χ3v) is 5.65. The molecule has 10 nitrogen and oxygen atoms in total. The molecule has 0 saturated carbocycles. The first-order valence-corrected chi connectivity index (χ1v) is 10.6. The second kappa shape index (κ2) is 11.1. The number of ether oxygens (including phenoxy) is 1. The molecule has 4 heterocycles. The van der Waals surface area contributed by atoms with Crippen molar-refractivity contribution in [3.63, 3.8) is 0 Å². The minimum atomic E-state index is -5.08. The Labute approximate surface area is 199 Å². The minimum absolute atomic E-state index is 0.133. The number of carbonyl (C=O) groups is 2. The van der Waals surface area contributed by atoms with Gasteiger partial charge in [0.1, 0.15) is 29.8 Å². The van der Waals surface area contributed by atoms with E-state index in [2.05, 4.69) is 20.4 Å². The number of hydrogen-bond donors (Lipinski definition) is 2. The van der Waals surface area contributed by atoms with Gasteiger partial charge < -0.3 is 24.6 Å². The van der Waals surface area contributed by atoms with Crippen LogP contribution >= 0.6 is 0 Å². The number of carboxylic acid groups (broad SMARTS) is 1. The van der Waals surface area contributed by atoms with Crippen molar-refractivity contribution >= 4 is 17.7 Å². The summed E-state index contributed by atoms with van der Waals surface area (Å²) in [7, 11) is 0. The number of nitrogens with one attached hydrogen (secondary N) is 1. The van der Waals surface area contributed by atoms with Crippen LogP contribution < -0.4 is 10.2 Å². The Balaban J connectivity index is 0.000000454. The van der Waals surface area contributed by atoms with Crippen molar-refractivity contribution < 1.29 is 50.3 Å². The molecule has 16 heteroatoms. The molecule has 2 aromatic rings. The second-order valence-electron chi connectivity index (χ2n) is 8.06. The Morgan fingerprint density at radius 2 is 1.92 bits per heavy atom. The van der Waals surface area contributed by atoms with Crippen LogP contribution in [0.5, 0.6) is 0 Å². The highest BCUT2D eigenvalue weighted by molar-refractivity contribution is 5.76. The van der Waals surface area contributed by atoms with Crippen molar-refractivity contribution in [2.75, 3.05) is 24.6 Å². The summed E-state index contributed by atoms with van der Waals surface area (Å²) < 4.78 is 81.0. The fourth-order valence-corrected chi connectivity index (χ4v) is 3.95. The van der Waals surface area contributed by atoms with Crippen LogP contribution in [0.4, 0.5) is 32.2 Å². The molecule has 36 heavy (non-hydrogen) atoms. The van der Waals surface area contributed by atoms with E-state index in [1.165, 1.54) is 6.26 Å². The van der Waals surface area contributed by atoms with Crippen molar-refractivity contribution in [2.24, 2.45) is 11.8 Å². The van der Waals surface area contributed by atoms with E-state index in [-0.39, 0.29) is 36.1 Å². The lowest BCUT2D eigenvalue weighted by Crippen LogP contribution is -2.42. The van der Waals surface area contributed by atoms with Crippen molar-refractivity contribution in [3.8, 4) is 0 Å². The molecule has 0 aliphatic carbocycles. The van der Waals surface area contributed by atoms with Crippen LogP contribution in [0.1, 0.15) is 24.2 Å². The number of aromatic nitrogens is 3. The molecule has 2 fully saturated rings. The third kappa shape index (κ3) is 7.29. The van der Waals surface area contributed by atoms with Crippen LogP contribution in [0.15, 0.2) is 29.2 Å². The number of rotatable bonds is 5. The van der Waals surface area contributed by atoms with Gasteiger partial charge in [-0.3, -0.25) is 4.79 Å². The smallest absolute Gasteiger partial charge is 0.475 e. The molecule has 0 unspecified atom stereocenters. The molecular weight excluding hydrogens is 504 g/mol. The highest BCUT2D eigenvalue weighted by Gasteiger charge is 2.42. The van der Waals surface area contributed by atoms with Crippen LogP contribution in [0, 0.1) is 11.8 Å². The van der Waals surface area contributed by atoms with E-state index in [1.54, 1.807) is 6.07 Å². The molecule has 1 amide bonds. The van der Waals surface area contributed by atoms with E-state index in [0.29, 0.717) is 31.9 Å². The SMILES string of the molecule is O=C(C[C@@H]1OC[C@H]2CN(c3cc(C(F)(F)F)ncn3)CC[C@H]21)NCc1ccon1.O=C(O)C(F)(F)F. The molecule has 0 radical (unpaired) electrons. The van der Waals surface area contributed by atoms with E-state index in [0.717, 1.165) is 18.8 Å². The van der Waals surface area contributed by atoms with Gasteiger partial charge in [0.2, 0.25) is 5.91 Å². The molecule has 0 aromatic carbocycles. The maximum Gasteiger partial charge on any atom is 0.490 e. The number of alkyl halides is 6. The Morgan fingerprint density at radius 3 is 2.53 bits per heavy atom. The molecule has 2 aliphatic heterocycles. The van der Waals surface area contributed by atoms with Gasteiger partial charge in [-0.1, -0.05) is 5.16 Å². The number of aliphatic carboxylic acids is 1. The Hall–Kier alpha value is -3.43. The van der Waals surface area contributed by atoms with Gasteiger partial charge in [0.05, 0.1) is 25.7 Å². The van der Waals surface area contributed by atoms with Crippen LogP contribution in [0.2, 0.25) is 0 Å². The van der Waals surface area contributed by atoms with Crippen molar-refractivity contribution in [2.45, 2.75) is 37.8 Å². The standard InChI is InChI=1S/C18H20F3N5O3.C2HF3O2/c19-18(20,21)15-6-16(24-10-23-15)26-3-1-13-11(8-26)9-28-14(13)5-17(27)22-7-12-2-4-29-25-12;3-2(4,5)1(6)7/h2,4,6,10-11,13-14H,1,3,5,7-9H2,(H,22,27);(H,6,7)/t11-,13-,14+;/m1./s1. The van der Waals surface area contributed by atoms with Crippen LogP contribution in [-0.4, -0.2) is 64.1 Å². The van der Waals surface area contributed by atoms with E-state index in [1.807, 2.05) is 4.90 Å². The van der Waals surface area contributed by atoms with Gasteiger partial charge in [-0.25, -0.2) is 14.8 Å². The maximum atomic E-state index is 12.9. The normalized spacial score (nSPS) is 21.8. The summed E-state index contributed by atoms with van der Waals surface area (Å²) >= 11 is 0. The summed E-state index contributed by atoms with van der Waals surface area (Å²) in [5, 5.41) is 13.6. The van der Waals surface area contributed by atoms with Crippen LogP contribution in [0.25, 0.3) is 0 Å². The molecule has 3 atom stereocenters. The largest absolute Gasteiger partial charge is 0.490 e. The molecule has 4 rings (SSSR count). The molecule has 2 aromatic heterocycles. The molecule has 2 aliphatic rings. The van der Waals surface area contributed by atoms with Gasteiger partial charge in [-0.2, -0.15) is 26.3 Å². The molecule has 198 valence electrons. The first-order chi connectivity index (χ1) is 16.8. The number of amides is 1. The molecule has 0 spiro atoms. The van der Waals surface area contributed by atoms with Crippen molar-refractivity contribution in [1.82, 2.24) is 20.4 Å². The zero-order valence-electron chi connectivity index (χ0n) is 18.4. The minimum Gasteiger partial charge on any atom is -0.475 e. The van der Waals surface area contributed by atoms with Gasteiger partial charge in [0.15, 0.2) is 0 Å². The quantitative estimate of drug-likeness (QED) is 0.566. The van der Waals surface area contributed by atoms with E-state index in [9.17, 15) is 31.1 Å². The third-order valence-electron chi connectivity index (χ3n) is 5.65. The highest BCUT2D eigenvalue weighted by Crippen LogP contribution is 2.37. The van der Waals surface area contributed by atoms with Gasteiger partial charge in [0, 0.05) is 31.1 Å². The number of nitrogens with zero attached hydrogens (tertiary/aromatic N) is 4. The average molecular weight is 525 g/mol. The van der Waals surface area contributed by atoms with E-state index < -0.39 is 24.0 Å². The summed E-state index contributed by atoms with van der Waals surface area (Å²) in [6, 6.07) is 2.65. The number of fused-ring (bicyclic) bond motifs is 1. The highest BCUT2D eigenvalue weighted by atomic mass is 19.4. The Morgan fingerprint density at radius 1 is 1.19 bits per heavy atom. The number of hydrogen-bond acceptors (Lipinski definition) is 8. The summed E-state index contributed by atoms with van der Waals surface area (Å²) in [6.45, 7) is 1.85. The lowest BCUT2D eigenvalue weighted by Gasteiger charge is -2.36. The predicted octanol–water partition coefficient (Wildman–Crippen LogP) is 2.66. The molecule has 0 bridgehead atoms. The van der Waals surface area contributed by atoms with Crippen molar-refractivity contribution in [3.05, 3.63) is 36.1 Å². The van der Waals surface area contributed by atoms with E-state index >= 15 is 0 Å². The van der Waals surface area contributed by atoms with E-state index in [4.69, 9.17) is 19.2 Å². The van der Waals surface area contributed by atoms with Crippen molar-refractivity contribution in [1.29, 1.82) is 0 Å². The Bertz CT molecular complexity index is 1030. The second-order valence-corrected chi connectivity index (χ2v) is 8.06. The number of carbonyl (C=O) groups excluding carboxylic acids is 1. The molecule has 2 saturated heterocycles.